The van der Waals surface area contributed by atoms with E-state index < -0.39 is 139 Å². The lowest BCUT2D eigenvalue weighted by Gasteiger charge is -2.31. The van der Waals surface area contributed by atoms with Crippen molar-refractivity contribution in [3.8, 4) is 5.75 Å². The molecule has 26 heteroatoms. The van der Waals surface area contributed by atoms with E-state index >= 15 is 0 Å². The zero-order valence-electron chi connectivity index (χ0n) is 38.4. The van der Waals surface area contributed by atoms with Gasteiger partial charge in [0.1, 0.15) is 48.0 Å². The van der Waals surface area contributed by atoms with Gasteiger partial charge in [-0.1, -0.05) is 67.8 Å². The van der Waals surface area contributed by atoms with Gasteiger partial charge in [-0.3, -0.25) is 52.7 Å². The van der Waals surface area contributed by atoms with E-state index in [0.29, 0.717) is 18.4 Å². The van der Waals surface area contributed by atoms with Crippen LogP contribution in [0.25, 0.3) is 0 Å². The lowest BCUT2D eigenvalue weighted by Crippen LogP contribution is -2.62. The maximum absolute atomic E-state index is 14.5. The molecule has 0 radical (unpaired) electrons. The van der Waals surface area contributed by atoms with E-state index in [0.717, 1.165) is 21.6 Å². The Bertz CT molecular complexity index is 2030. The topological polar surface area (TPSA) is 400 Å². The van der Waals surface area contributed by atoms with Gasteiger partial charge in [-0.2, -0.15) is 0 Å². The average Bonchev–Trinajstić information content (AvgIpc) is 3.77. The molecular formula is C42H64N12O12S2. The summed E-state index contributed by atoms with van der Waals surface area (Å²) in [4.78, 5) is 148. The first-order chi connectivity index (χ1) is 32.0. The number of carbonyl (C=O) groups excluding carboxylic acids is 11. The lowest BCUT2D eigenvalue weighted by molar-refractivity contribution is -0.142. The standard InChI is InChI=1S/C42H64N12O12S2/c1-5-21(4)34-41(65)51-28(16-32(45)57)37(61)49-27(15-31(44)56)38(62)52-29(19-68-67-18-24(43)35(59)48-26(39(63)53-34)14-22-8-10-23(55)11-9-22)42(66)54-12-6-7-30(54)40(64)50-25(13-20(2)3)36(60)47-17-33(46)58/h8-11,20-21,24-30,34,55H,5-7,12-19,43H2,1-4H3,(H2,44,56)(H2,45,57)(H2,46,58)(H,47,60)(H,48,59)(H,49,61)(H,50,64)(H,51,65)(H,52,62)(H,53,63)/t21-,24-,25-,26-,27+,28+,29-,30+,34-/m0/s1. The molecule has 0 bridgehead atoms. The van der Waals surface area contributed by atoms with E-state index in [1.165, 1.54) is 29.2 Å². The molecule has 11 amide bonds. The maximum Gasteiger partial charge on any atom is 0.246 e. The van der Waals surface area contributed by atoms with Crippen LogP contribution < -0.4 is 60.2 Å². The van der Waals surface area contributed by atoms with E-state index in [1.54, 1.807) is 13.8 Å². The van der Waals surface area contributed by atoms with Crippen LogP contribution >= 0.6 is 21.6 Å². The molecule has 24 nitrogen and oxygen atoms in total. The summed E-state index contributed by atoms with van der Waals surface area (Å²) in [5.74, 6) is -10.9. The van der Waals surface area contributed by atoms with Gasteiger partial charge in [0, 0.05) is 24.5 Å². The van der Waals surface area contributed by atoms with Gasteiger partial charge in [-0.05, 0) is 48.8 Å². The number of nitrogens with zero attached hydrogens (tertiary/aromatic N) is 1. The largest absolute Gasteiger partial charge is 0.508 e. The molecule has 1 aromatic rings. The Morgan fingerprint density at radius 3 is 1.90 bits per heavy atom. The smallest absolute Gasteiger partial charge is 0.246 e. The molecule has 0 saturated carbocycles. The normalized spacial score (nSPS) is 24.5. The van der Waals surface area contributed by atoms with Crippen molar-refractivity contribution < 1.29 is 57.8 Å². The molecule has 16 N–H and O–H groups in total. The van der Waals surface area contributed by atoms with Gasteiger partial charge in [-0.15, -0.1) is 0 Å². The molecular weight excluding hydrogens is 929 g/mol. The van der Waals surface area contributed by atoms with Crippen molar-refractivity contribution in [1.82, 2.24) is 42.1 Å². The minimum absolute atomic E-state index is 0.0430. The Morgan fingerprint density at radius 2 is 1.32 bits per heavy atom. The molecule has 2 aliphatic rings. The first-order valence-electron chi connectivity index (χ1n) is 22.0. The summed E-state index contributed by atoms with van der Waals surface area (Å²) in [5.41, 5.74) is 22.9. The molecule has 0 unspecified atom stereocenters. The number of nitrogens with two attached hydrogens (primary N) is 4. The molecule has 9 atom stereocenters. The number of aromatic hydroxyl groups is 1. The third-order valence-electron chi connectivity index (χ3n) is 11.0. The second-order valence-electron chi connectivity index (χ2n) is 17.1. The van der Waals surface area contributed by atoms with Crippen molar-refractivity contribution >= 4 is 86.6 Å². The molecule has 2 aliphatic heterocycles. The number of rotatable bonds is 16. The van der Waals surface area contributed by atoms with Crippen molar-refractivity contribution in [2.45, 2.75) is 121 Å². The van der Waals surface area contributed by atoms with Crippen LogP contribution in [0.2, 0.25) is 0 Å². The fourth-order valence-electron chi connectivity index (χ4n) is 7.20. The predicted molar refractivity (Wildman–Crippen MR) is 250 cm³/mol. The van der Waals surface area contributed by atoms with Crippen molar-refractivity contribution in [2.75, 3.05) is 24.6 Å². The molecule has 3 rings (SSSR count). The third kappa shape index (κ3) is 17.8. The van der Waals surface area contributed by atoms with Crippen LogP contribution in [0.5, 0.6) is 5.75 Å². The number of hydrogen-bond donors (Lipinski definition) is 12. The number of amides is 11. The summed E-state index contributed by atoms with van der Waals surface area (Å²) >= 11 is 0. The second kappa shape index (κ2) is 27.0. The predicted octanol–water partition coefficient (Wildman–Crippen LogP) is -4.00. The third-order valence-corrected chi connectivity index (χ3v) is 13.5. The van der Waals surface area contributed by atoms with Gasteiger partial charge < -0.3 is 70.2 Å². The Labute approximate surface area is 401 Å². The zero-order chi connectivity index (χ0) is 50.8. The van der Waals surface area contributed by atoms with E-state index in [4.69, 9.17) is 22.9 Å². The maximum atomic E-state index is 14.5. The van der Waals surface area contributed by atoms with E-state index in [1.807, 2.05) is 13.8 Å². The molecule has 68 heavy (non-hydrogen) atoms. The molecule has 2 fully saturated rings. The van der Waals surface area contributed by atoms with E-state index in [2.05, 4.69) is 37.2 Å². The zero-order valence-corrected chi connectivity index (χ0v) is 40.0. The molecule has 2 saturated heterocycles. The van der Waals surface area contributed by atoms with Crippen LogP contribution in [0.15, 0.2) is 24.3 Å². The van der Waals surface area contributed by atoms with E-state index in [9.17, 15) is 57.8 Å². The summed E-state index contributed by atoms with van der Waals surface area (Å²) in [6.07, 6.45) is -0.745. The monoisotopic (exact) mass is 992 g/mol. The highest BCUT2D eigenvalue weighted by Gasteiger charge is 2.41. The van der Waals surface area contributed by atoms with E-state index in [-0.39, 0.29) is 49.0 Å². The summed E-state index contributed by atoms with van der Waals surface area (Å²) in [5, 5.41) is 27.4. The van der Waals surface area contributed by atoms with Crippen molar-refractivity contribution in [2.24, 2.45) is 34.8 Å². The average molecular weight is 993 g/mol. The summed E-state index contributed by atoms with van der Waals surface area (Å²) in [7, 11) is 2.03. The highest BCUT2D eigenvalue weighted by Crippen LogP contribution is 2.26. The Kier molecular flexibility index (Phi) is 22.3. The van der Waals surface area contributed by atoms with Gasteiger partial charge in [0.15, 0.2) is 0 Å². The van der Waals surface area contributed by atoms with Gasteiger partial charge in [-0.25, -0.2) is 0 Å². The van der Waals surface area contributed by atoms with Crippen LogP contribution in [0, 0.1) is 11.8 Å². The molecule has 376 valence electrons. The van der Waals surface area contributed by atoms with Crippen LogP contribution in [0.3, 0.4) is 0 Å². The van der Waals surface area contributed by atoms with Crippen LogP contribution in [0.4, 0.5) is 0 Å². The number of carbonyl (C=O) groups is 11. The number of phenolic OH excluding ortho intramolecular Hbond substituents is 1. The number of likely N-dealkylation sites (tertiary alicyclic amines) is 1. The first-order valence-corrected chi connectivity index (χ1v) is 24.5. The highest BCUT2D eigenvalue weighted by molar-refractivity contribution is 8.76. The van der Waals surface area contributed by atoms with Gasteiger partial charge in [0.2, 0.25) is 65.0 Å². The van der Waals surface area contributed by atoms with Crippen molar-refractivity contribution in [1.29, 1.82) is 0 Å². The van der Waals surface area contributed by atoms with Crippen LogP contribution in [-0.2, 0) is 59.2 Å². The van der Waals surface area contributed by atoms with Crippen molar-refractivity contribution in [3.05, 3.63) is 29.8 Å². The second-order valence-corrected chi connectivity index (χ2v) is 19.6. The molecule has 1 aromatic carbocycles. The van der Waals surface area contributed by atoms with Crippen molar-refractivity contribution in [3.63, 3.8) is 0 Å². The SMILES string of the molecule is CC[C@H](C)[C@@H]1NC(=O)[C@H](Cc2ccc(O)cc2)NC(=O)[C@@H](N)CSSC[C@@H](C(=O)N2CCC[C@@H]2C(=O)N[C@@H](CC(C)C)C(=O)NCC(N)=O)NC(=O)[C@@H](CC(N)=O)NC(=O)[C@@H](CC(N)=O)NC1=O. The summed E-state index contributed by atoms with van der Waals surface area (Å²) in [6, 6.07) is -5.38. The first kappa shape index (κ1) is 56.2. The molecule has 0 spiro atoms. The summed E-state index contributed by atoms with van der Waals surface area (Å²) in [6.45, 7) is 6.55. The quantitative estimate of drug-likeness (QED) is 0.0703. The fourth-order valence-corrected chi connectivity index (χ4v) is 9.48. The number of primary amides is 3. The minimum atomic E-state index is -1.79. The Balaban J connectivity index is 2.04. The fraction of sp³-hybridized carbons (Fsp3) is 0.595. The number of benzene rings is 1. The minimum Gasteiger partial charge on any atom is -0.508 e. The number of hydrogen-bond acceptors (Lipinski definition) is 15. The molecule has 0 aromatic heterocycles. The Morgan fingerprint density at radius 1 is 0.765 bits per heavy atom. The van der Waals surface area contributed by atoms with Crippen LogP contribution in [-0.4, -0.2) is 148 Å². The summed E-state index contributed by atoms with van der Waals surface area (Å²) < 4.78 is 0. The van der Waals surface area contributed by atoms with Gasteiger partial charge in [0.25, 0.3) is 0 Å². The lowest BCUT2D eigenvalue weighted by atomic mass is 9.96. The number of phenols is 1. The molecule has 2 heterocycles. The number of nitrogens with one attached hydrogen (secondary N) is 7. The Hall–Kier alpha value is -6.15. The van der Waals surface area contributed by atoms with Gasteiger partial charge >= 0.3 is 0 Å². The van der Waals surface area contributed by atoms with Gasteiger partial charge in [0.05, 0.1) is 25.4 Å². The highest BCUT2D eigenvalue weighted by atomic mass is 33.1. The molecule has 0 aliphatic carbocycles. The van der Waals surface area contributed by atoms with Crippen LogP contribution in [0.1, 0.15) is 71.8 Å².